The van der Waals surface area contributed by atoms with Crippen molar-refractivity contribution in [2.24, 2.45) is 4.99 Å². The minimum Gasteiger partial charge on any atom is -0.356 e. The van der Waals surface area contributed by atoms with Crippen LogP contribution in [-0.4, -0.2) is 56.0 Å². The number of carbonyl (C=O) groups excluding carboxylic acids is 1. The zero-order valence-electron chi connectivity index (χ0n) is 18.2. The van der Waals surface area contributed by atoms with Crippen molar-refractivity contribution in [2.45, 2.75) is 63.5 Å². The normalized spacial score (nSPS) is 19.0. The SMILES string of the molecule is CN=C(NCCC(=O)NC1CCCCC1)NCC(c1ccccc1)N1CCCC1.I. The van der Waals surface area contributed by atoms with Crippen LogP contribution in [0.25, 0.3) is 0 Å². The van der Waals surface area contributed by atoms with Crippen molar-refractivity contribution in [1.29, 1.82) is 0 Å². The van der Waals surface area contributed by atoms with Crippen molar-refractivity contribution in [1.82, 2.24) is 20.9 Å². The molecule has 2 fully saturated rings. The van der Waals surface area contributed by atoms with Crippen molar-refractivity contribution in [3.63, 3.8) is 0 Å². The van der Waals surface area contributed by atoms with Crippen LogP contribution in [0.3, 0.4) is 0 Å². The Morgan fingerprint density at radius 2 is 1.77 bits per heavy atom. The summed E-state index contributed by atoms with van der Waals surface area (Å²) in [5.74, 6) is 0.898. The van der Waals surface area contributed by atoms with Crippen molar-refractivity contribution < 1.29 is 4.79 Å². The van der Waals surface area contributed by atoms with E-state index >= 15 is 0 Å². The third-order valence-corrected chi connectivity index (χ3v) is 6.07. The molecule has 2 aliphatic rings. The Balaban J connectivity index is 0.00000320. The lowest BCUT2D eigenvalue weighted by Crippen LogP contribution is -2.44. The van der Waals surface area contributed by atoms with Crippen molar-refractivity contribution in [3.8, 4) is 0 Å². The molecule has 1 atom stereocenters. The summed E-state index contributed by atoms with van der Waals surface area (Å²) in [5, 5.41) is 9.93. The van der Waals surface area contributed by atoms with E-state index in [2.05, 4.69) is 56.2 Å². The standard InChI is InChI=1S/C23H37N5O.HI/c1-24-23(25-15-14-22(29)27-20-12-6-3-7-13-20)26-18-21(28-16-8-9-17-28)19-10-4-2-5-11-19;/h2,4-5,10-11,20-21H,3,6-9,12-18H2,1H3,(H,27,29)(H2,24,25,26);1H. The number of likely N-dealkylation sites (tertiary alicyclic amines) is 1. The van der Waals surface area contributed by atoms with Gasteiger partial charge < -0.3 is 16.0 Å². The van der Waals surface area contributed by atoms with Crippen molar-refractivity contribution in [2.75, 3.05) is 33.2 Å². The van der Waals surface area contributed by atoms with Crippen LogP contribution in [0.4, 0.5) is 0 Å². The fraction of sp³-hybridized carbons (Fsp3) is 0.652. The second-order valence-corrected chi connectivity index (χ2v) is 8.20. The summed E-state index contributed by atoms with van der Waals surface area (Å²) in [4.78, 5) is 19.1. The van der Waals surface area contributed by atoms with Crippen molar-refractivity contribution >= 4 is 35.8 Å². The number of carbonyl (C=O) groups is 1. The first-order valence-electron chi connectivity index (χ1n) is 11.3. The molecule has 1 aromatic rings. The van der Waals surface area contributed by atoms with Gasteiger partial charge in [0.1, 0.15) is 0 Å². The third kappa shape index (κ3) is 8.06. The van der Waals surface area contributed by atoms with Crippen LogP contribution >= 0.6 is 24.0 Å². The molecule has 30 heavy (non-hydrogen) atoms. The third-order valence-electron chi connectivity index (χ3n) is 6.07. The molecule has 168 valence electrons. The number of amides is 1. The molecule has 1 unspecified atom stereocenters. The fourth-order valence-corrected chi connectivity index (χ4v) is 4.44. The van der Waals surface area contributed by atoms with Gasteiger partial charge in [-0.05, 0) is 44.3 Å². The summed E-state index contributed by atoms with van der Waals surface area (Å²) in [7, 11) is 1.78. The molecule has 1 amide bonds. The lowest BCUT2D eigenvalue weighted by molar-refractivity contribution is -0.121. The van der Waals surface area contributed by atoms with E-state index < -0.39 is 0 Å². The van der Waals surface area contributed by atoms with Crippen LogP contribution in [0.5, 0.6) is 0 Å². The molecule has 1 aromatic carbocycles. The number of aliphatic imine (C=N–C) groups is 1. The minimum absolute atomic E-state index is 0. The molecular formula is C23H38IN5O. The monoisotopic (exact) mass is 527 g/mol. The molecule has 3 N–H and O–H groups in total. The maximum Gasteiger partial charge on any atom is 0.221 e. The average molecular weight is 527 g/mol. The van der Waals surface area contributed by atoms with Crippen LogP contribution < -0.4 is 16.0 Å². The molecule has 1 aliphatic heterocycles. The zero-order chi connectivity index (χ0) is 20.3. The predicted octanol–water partition coefficient (Wildman–Crippen LogP) is 3.45. The first kappa shape index (κ1) is 24.9. The van der Waals surface area contributed by atoms with E-state index in [4.69, 9.17) is 0 Å². The van der Waals surface area contributed by atoms with Gasteiger partial charge in [-0.15, -0.1) is 24.0 Å². The Bertz CT molecular complexity index is 642. The Hall–Kier alpha value is -1.35. The number of halogens is 1. The van der Waals surface area contributed by atoms with E-state index in [1.807, 2.05) is 0 Å². The van der Waals surface area contributed by atoms with Gasteiger partial charge in [0.15, 0.2) is 5.96 Å². The number of hydrogen-bond acceptors (Lipinski definition) is 3. The molecule has 1 heterocycles. The summed E-state index contributed by atoms with van der Waals surface area (Å²) >= 11 is 0. The molecule has 6 nitrogen and oxygen atoms in total. The Morgan fingerprint density at radius 3 is 2.43 bits per heavy atom. The molecule has 1 aliphatic carbocycles. The highest BCUT2D eigenvalue weighted by Crippen LogP contribution is 2.24. The van der Waals surface area contributed by atoms with E-state index in [0.29, 0.717) is 25.0 Å². The predicted molar refractivity (Wildman–Crippen MR) is 134 cm³/mol. The van der Waals surface area contributed by atoms with Gasteiger partial charge in [0, 0.05) is 32.6 Å². The number of guanidine groups is 1. The molecule has 3 rings (SSSR count). The summed E-state index contributed by atoms with van der Waals surface area (Å²) in [5.41, 5.74) is 1.34. The first-order chi connectivity index (χ1) is 14.3. The topological polar surface area (TPSA) is 68.8 Å². The van der Waals surface area contributed by atoms with Crippen molar-refractivity contribution in [3.05, 3.63) is 35.9 Å². The van der Waals surface area contributed by atoms with Gasteiger partial charge in [0.25, 0.3) is 0 Å². The van der Waals surface area contributed by atoms with Crippen LogP contribution in [0.2, 0.25) is 0 Å². The molecule has 1 saturated heterocycles. The number of nitrogens with one attached hydrogen (secondary N) is 3. The molecule has 7 heteroatoms. The van der Waals surface area contributed by atoms with Gasteiger partial charge in [-0.1, -0.05) is 49.6 Å². The van der Waals surface area contributed by atoms with Crippen LogP contribution in [-0.2, 0) is 4.79 Å². The van der Waals surface area contributed by atoms with E-state index in [-0.39, 0.29) is 29.9 Å². The number of rotatable bonds is 8. The van der Waals surface area contributed by atoms with Gasteiger partial charge in [-0.25, -0.2) is 0 Å². The maximum absolute atomic E-state index is 12.2. The van der Waals surface area contributed by atoms with Gasteiger partial charge >= 0.3 is 0 Å². The number of benzene rings is 1. The molecule has 0 spiro atoms. The first-order valence-corrected chi connectivity index (χ1v) is 11.3. The van der Waals surface area contributed by atoms with E-state index in [1.165, 1.54) is 37.7 Å². The highest BCUT2D eigenvalue weighted by Gasteiger charge is 2.23. The second-order valence-electron chi connectivity index (χ2n) is 8.20. The van der Waals surface area contributed by atoms with E-state index in [9.17, 15) is 4.79 Å². The molecule has 0 radical (unpaired) electrons. The van der Waals surface area contributed by atoms with Crippen LogP contribution in [0, 0.1) is 0 Å². The second kappa shape index (κ2) is 13.9. The van der Waals surface area contributed by atoms with E-state index in [0.717, 1.165) is 38.4 Å². The van der Waals surface area contributed by atoms with Crippen LogP contribution in [0.15, 0.2) is 35.3 Å². The maximum atomic E-state index is 12.2. The molecule has 0 bridgehead atoms. The molecule has 1 saturated carbocycles. The molecular weight excluding hydrogens is 489 g/mol. The zero-order valence-corrected chi connectivity index (χ0v) is 20.6. The fourth-order valence-electron chi connectivity index (χ4n) is 4.44. The van der Waals surface area contributed by atoms with Gasteiger partial charge in [-0.2, -0.15) is 0 Å². The summed E-state index contributed by atoms with van der Waals surface area (Å²) in [6.45, 7) is 3.69. The van der Waals surface area contributed by atoms with Gasteiger partial charge in [0.05, 0.1) is 6.04 Å². The van der Waals surface area contributed by atoms with E-state index in [1.54, 1.807) is 7.05 Å². The van der Waals surface area contributed by atoms with Gasteiger partial charge in [-0.3, -0.25) is 14.7 Å². The lowest BCUT2D eigenvalue weighted by Gasteiger charge is -2.29. The summed E-state index contributed by atoms with van der Waals surface area (Å²) in [6.07, 6.45) is 9.04. The average Bonchev–Trinajstić information content (AvgIpc) is 3.28. The Morgan fingerprint density at radius 1 is 1.07 bits per heavy atom. The largest absolute Gasteiger partial charge is 0.356 e. The quantitative estimate of drug-likeness (QED) is 0.275. The summed E-state index contributed by atoms with van der Waals surface area (Å²) < 4.78 is 0. The number of nitrogens with zero attached hydrogens (tertiary/aromatic N) is 2. The Kier molecular flexibility index (Phi) is 11.5. The minimum atomic E-state index is 0. The lowest BCUT2D eigenvalue weighted by atomic mass is 9.95. The highest BCUT2D eigenvalue weighted by molar-refractivity contribution is 14.0. The smallest absolute Gasteiger partial charge is 0.221 e. The Labute approximate surface area is 198 Å². The van der Waals surface area contributed by atoms with Crippen LogP contribution in [0.1, 0.15) is 63.0 Å². The highest BCUT2D eigenvalue weighted by atomic mass is 127. The number of hydrogen-bond donors (Lipinski definition) is 3. The summed E-state index contributed by atoms with van der Waals surface area (Å²) in [6, 6.07) is 11.4. The van der Waals surface area contributed by atoms with Gasteiger partial charge in [0.2, 0.25) is 5.91 Å². The molecule has 0 aromatic heterocycles.